The summed E-state index contributed by atoms with van der Waals surface area (Å²) >= 11 is 6.69. The number of ether oxygens (including phenoxy) is 1. The number of carbonyl (C=O) groups excluding carboxylic acids is 1. The maximum absolute atomic E-state index is 11.4. The Morgan fingerprint density at radius 3 is 2.56 bits per heavy atom. The summed E-state index contributed by atoms with van der Waals surface area (Å²) < 4.78 is 4.99. The Balaban J connectivity index is 4.19. The third-order valence-electron chi connectivity index (χ3n) is 1.58. The molecule has 1 atom stereocenters. The molecular formula is C11H18ClNO4S. The topological polar surface area (TPSA) is 75.6 Å². The van der Waals surface area contributed by atoms with E-state index >= 15 is 0 Å². The molecule has 0 heterocycles. The van der Waals surface area contributed by atoms with E-state index in [1.54, 1.807) is 26.8 Å². The number of carboxylic acids is 1. The summed E-state index contributed by atoms with van der Waals surface area (Å²) in [4.78, 5) is 22.4. The fourth-order valence-corrected chi connectivity index (χ4v) is 1.94. The van der Waals surface area contributed by atoms with Gasteiger partial charge in [-0.1, -0.05) is 17.7 Å². The zero-order valence-corrected chi connectivity index (χ0v) is 12.2. The van der Waals surface area contributed by atoms with Crippen molar-refractivity contribution in [3.05, 3.63) is 11.6 Å². The van der Waals surface area contributed by atoms with Crippen molar-refractivity contribution in [3.8, 4) is 0 Å². The second-order valence-corrected chi connectivity index (χ2v) is 5.76. The fourth-order valence-electron chi connectivity index (χ4n) is 0.915. The summed E-state index contributed by atoms with van der Waals surface area (Å²) in [5.41, 5.74) is 0.714. The van der Waals surface area contributed by atoms with Crippen LogP contribution >= 0.6 is 23.4 Å². The maximum Gasteiger partial charge on any atom is 0.408 e. The van der Waals surface area contributed by atoms with Crippen LogP contribution in [0.1, 0.15) is 20.8 Å². The van der Waals surface area contributed by atoms with Crippen LogP contribution in [-0.4, -0.2) is 40.3 Å². The van der Waals surface area contributed by atoms with Gasteiger partial charge in [0.25, 0.3) is 0 Å². The highest BCUT2D eigenvalue weighted by molar-refractivity contribution is 7.99. The number of carboxylic acid groups (broad SMARTS) is 1. The number of amides is 1. The van der Waals surface area contributed by atoms with Gasteiger partial charge in [0.1, 0.15) is 11.6 Å². The Morgan fingerprint density at radius 2 is 2.11 bits per heavy atom. The molecule has 0 fully saturated rings. The minimum Gasteiger partial charge on any atom is -0.480 e. The Labute approximate surface area is 116 Å². The third kappa shape index (κ3) is 9.18. The number of nitrogens with one attached hydrogen (secondary N) is 1. The summed E-state index contributed by atoms with van der Waals surface area (Å²) in [5.74, 6) is -0.262. The van der Waals surface area contributed by atoms with Gasteiger partial charge >= 0.3 is 12.1 Å². The van der Waals surface area contributed by atoms with E-state index in [2.05, 4.69) is 5.32 Å². The van der Waals surface area contributed by atoms with Gasteiger partial charge < -0.3 is 15.2 Å². The molecule has 18 heavy (non-hydrogen) atoms. The molecule has 0 aromatic heterocycles. The van der Waals surface area contributed by atoms with Gasteiger partial charge in [-0.2, -0.15) is 11.8 Å². The van der Waals surface area contributed by atoms with Crippen LogP contribution in [0.25, 0.3) is 0 Å². The van der Waals surface area contributed by atoms with Crippen LogP contribution in [0.15, 0.2) is 11.6 Å². The quantitative estimate of drug-likeness (QED) is 0.736. The lowest BCUT2D eigenvalue weighted by Gasteiger charge is -2.21. The van der Waals surface area contributed by atoms with E-state index < -0.39 is 23.7 Å². The van der Waals surface area contributed by atoms with Crippen molar-refractivity contribution in [1.82, 2.24) is 5.32 Å². The minimum absolute atomic E-state index is 0.246. The molecule has 0 rings (SSSR count). The van der Waals surface area contributed by atoms with Crippen molar-refractivity contribution >= 4 is 35.4 Å². The van der Waals surface area contributed by atoms with Crippen molar-refractivity contribution in [1.29, 1.82) is 0 Å². The SMILES string of the molecule is CC(C)(C)OC(=O)NC(CSCC=CCl)C(=O)O. The summed E-state index contributed by atoms with van der Waals surface area (Å²) in [6.45, 7) is 5.13. The average molecular weight is 296 g/mol. The van der Waals surface area contributed by atoms with Crippen LogP contribution in [0.5, 0.6) is 0 Å². The van der Waals surface area contributed by atoms with Crippen LogP contribution in [-0.2, 0) is 9.53 Å². The van der Waals surface area contributed by atoms with Gasteiger partial charge in [0, 0.05) is 17.0 Å². The zero-order valence-electron chi connectivity index (χ0n) is 10.6. The highest BCUT2D eigenvalue weighted by atomic mass is 35.5. The molecule has 7 heteroatoms. The summed E-state index contributed by atoms with van der Waals surface area (Å²) in [5, 5.41) is 11.3. The van der Waals surface area contributed by atoms with Gasteiger partial charge in [-0.3, -0.25) is 0 Å². The summed E-state index contributed by atoms with van der Waals surface area (Å²) in [6.07, 6.45) is 0.960. The molecule has 0 spiro atoms. The fraction of sp³-hybridized carbons (Fsp3) is 0.636. The third-order valence-corrected chi connectivity index (χ3v) is 2.75. The molecule has 0 aliphatic carbocycles. The van der Waals surface area contributed by atoms with E-state index in [1.807, 2.05) is 0 Å². The standard InChI is InChI=1S/C11H18ClNO4S/c1-11(2,3)17-10(16)13-8(9(14)15)7-18-6-4-5-12/h4-5,8H,6-7H2,1-3H3,(H,13,16)(H,14,15). The molecule has 0 radical (unpaired) electrons. The highest BCUT2D eigenvalue weighted by Gasteiger charge is 2.23. The molecule has 5 nitrogen and oxygen atoms in total. The van der Waals surface area contributed by atoms with Crippen LogP contribution in [0.2, 0.25) is 0 Å². The van der Waals surface area contributed by atoms with Gasteiger partial charge in [-0.25, -0.2) is 9.59 Å². The molecule has 2 N–H and O–H groups in total. The van der Waals surface area contributed by atoms with E-state index in [1.165, 1.54) is 17.3 Å². The van der Waals surface area contributed by atoms with Crippen molar-refractivity contribution in [2.75, 3.05) is 11.5 Å². The summed E-state index contributed by atoms with van der Waals surface area (Å²) in [6, 6.07) is -0.978. The van der Waals surface area contributed by atoms with Gasteiger partial charge in [0.2, 0.25) is 0 Å². The highest BCUT2D eigenvalue weighted by Crippen LogP contribution is 2.08. The Morgan fingerprint density at radius 1 is 1.50 bits per heavy atom. The zero-order chi connectivity index (χ0) is 14.2. The number of rotatable bonds is 6. The Bertz CT molecular complexity index is 315. The first-order valence-electron chi connectivity index (χ1n) is 5.31. The molecule has 0 aliphatic rings. The van der Waals surface area contributed by atoms with Crippen molar-refractivity contribution in [2.45, 2.75) is 32.4 Å². The molecule has 104 valence electrons. The number of hydrogen-bond donors (Lipinski definition) is 2. The smallest absolute Gasteiger partial charge is 0.408 e. The van der Waals surface area contributed by atoms with Crippen LogP contribution in [0, 0.1) is 0 Å². The summed E-state index contributed by atoms with van der Waals surface area (Å²) in [7, 11) is 0. The van der Waals surface area contributed by atoms with E-state index in [-0.39, 0.29) is 5.75 Å². The first-order chi connectivity index (χ1) is 8.26. The van der Waals surface area contributed by atoms with Gasteiger partial charge in [-0.05, 0) is 20.8 Å². The normalized spacial score (nSPS) is 13.3. The van der Waals surface area contributed by atoms with Crippen molar-refractivity contribution < 1.29 is 19.4 Å². The molecule has 0 saturated carbocycles. The molecule has 0 bridgehead atoms. The first-order valence-corrected chi connectivity index (χ1v) is 6.90. The lowest BCUT2D eigenvalue weighted by molar-refractivity contribution is -0.138. The lowest BCUT2D eigenvalue weighted by Crippen LogP contribution is -2.44. The molecule has 0 saturated heterocycles. The minimum atomic E-state index is -1.09. The van der Waals surface area contributed by atoms with Crippen LogP contribution < -0.4 is 5.32 Å². The lowest BCUT2D eigenvalue weighted by atomic mass is 10.2. The van der Waals surface area contributed by atoms with Crippen molar-refractivity contribution in [3.63, 3.8) is 0 Å². The largest absolute Gasteiger partial charge is 0.480 e. The van der Waals surface area contributed by atoms with Crippen LogP contribution in [0.4, 0.5) is 4.79 Å². The van der Waals surface area contributed by atoms with E-state index in [0.29, 0.717) is 5.75 Å². The van der Waals surface area contributed by atoms with Crippen LogP contribution in [0.3, 0.4) is 0 Å². The molecule has 1 unspecified atom stereocenters. The van der Waals surface area contributed by atoms with Crippen molar-refractivity contribution in [2.24, 2.45) is 0 Å². The number of halogens is 1. The van der Waals surface area contributed by atoms with E-state index in [4.69, 9.17) is 21.4 Å². The first kappa shape index (κ1) is 17.1. The number of carbonyl (C=O) groups is 2. The number of alkyl carbamates (subject to hydrolysis) is 1. The second-order valence-electron chi connectivity index (χ2n) is 4.44. The number of hydrogen-bond acceptors (Lipinski definition) is 4. The predicted molar refractivity (Wildman–Crippen MR) is 73.1 cm³/mol. The average Bonchev–Trinajstić information content (AvgIpc) is 2.19. The molecule has 0 aliphatic heterocycles. The monoisotopic (exact) mass is 295 g/mol. The number of thioether (sulfide) groups is 1. The molecular weight excluding hydrogens is 278 g/mol. The van der Waals surface area contributed by atoms with E-state index in [0.717, 1.165) is 0 Å². The maximum atomic E-state index is 11.4. The second kappa shape index (κ2) is 8.26. The predicted octanol–water partition coefficient (Wildman–Crippen LogP) is 2.45. The molecule has 0 aromatic carbocycles. The van der Waals surface area contributed by atoms with Gasteiger partial charge in [0.05, 0.1) is 0 Å². The van der Waals surface area contributed by atoms with Gasteiger partial charge in [-0.15, -0.1) is 0 Å². The molecule has 1 amide bonds. The molecule has 0 aromatic rings. The Hall–Kier alpha value is -0.880. The van der Waals surface area contributed by atoms with Gasteiger partial charge in [0.15, 0.2) is 0 Å². The van der Waals surface area contributed by atoms with E-state index in [9.17, 15) is 9.59 Å². The Kier molecular flexibility index (Phi) is 7.86. The number of aliphatic carboxylic acids is 1.